The molecule has 2 heterocycles. The van der Waals surface area contributed by atoms with Crippen LogP contribution in [0.5, 0.6) is 34.5 Å². The Bertz CT molecular complexity index is 3090. The highest BCUT2D eigenvalue weighted by molar-refractivity contribution is 5.97. The van der Waals surface area contributed by atoms with E-state index in [-0.39, 0.29) is 23.3 Å². The van der Waals surface area contributed by atoms with Crippen LogP contribution < -0.4 is 9.47 Å². The zero-order chi connectivity index (χ0) is 38.5. The number of phenolic OH excluding ortho intramolecular Hbond substituents is 2. The van der Waals surface area contributed by atoms with E-state index in [4.69, 9.17) is 9.47 Å². The molecule has 12 rings (SSSR count). The molecule has 2 N–H and O–H groups in total. The first-order valence-electron chi connectivity index (χ1n) is 19.7. The summed E-state index contributed by atoms with van der Waals surface area (Å²) in [5, 5.41) is 29.5. The van der Waals surface area contributed by atoms with Crippen molar-refractivity contribution in [1.29, 1.82) is 0 Å². The maximum atomic E-state index is 10.4. The van der Waals surface area contributed by atoms with Gasteiger partial charge >= 0.3 is 0 Å². The van der Waals surface area contributed by atoms with Crippen molar-refractivity contribution < 1.29 is 19.7 Å². The monoisotopic (exact) mass is 746 g/mol. The Balaban J connectivity index is 0.979. The Labute approximate surface area is 334 Å². The van der Waals surface area contributed by atoms with Gasteiger partial charge in [-0.25, -0.2) is 0 Å². The zero-order valence-electron chi connectivity index (χ0n) is 31.2. The predicted octanol–water partition coefficient (Wildman–Crippen LogP) is 13.9. The lowest BCUT2D eigenvalue weighted by molar-refractivity contribution is 0.455. The molecule has 0 fully saturated rings. The lowest BCUT2D eigenvalue weighted by Crippen LogP contribution is -2.13. The molecule has 0 spiro atoms. The molecule has 2 aliphatic rings. The van der Waals surface area contributed by atoms with Crippen molar-refractivity contribution in [3.8, 4) is 45.6 Å². The average molecular weight is 747 g/mol. The van der Waals surface area contributed by atoms with Crippen LogP contribution in [0.4, 0.5) is 0 Å². The molecule has 58 heavy (non-hydrogen) atoms. The molecule has 0 aromatic heterocycles. The number of benzene rings is 10. The van der Waals surface area contributed by atoms with Crippen LogP contribution in [-0.4, -0.2) is 10.2 Å². The lowest BCUT2D eigenvalue weighted by Gasteiger charge is -2.31. The van der Waals surface area contributed by atoms with E-state index in [0.717, 1.165) is 77.9 Å². The van der Waals surface area contributed by atoms with Crippen LogP contribution in [0.1, 0.15) is 45.2 Å². The van der Waals surface area contributed by atoms with Gasteiger partial charge in [-0.05, 0) is 114 Å². The molecule has 10 aromatic carbocycles. The van der Waals surface area contributed by atoms with Crippen LogP contribution in [0.15, 0.2) is 182 Å². The molecule has 0 saturated carbocycles. The molecule has 4 nitrogen and oxygen atoms in total. The highest BCUT2D eigenvalue weighted by Crippen LogP contribution is 2.54. The summed E-state index contributed by atoms with van der Waals surface area (Å²) in [6, 6.07) is 62.7. The van der Waals surface area contributed by atoms with Gasteiger partial charge in [0, 0.05) is 34.1 Å². The van der Waals surface area contributed by atoms with Gasteiger partial charge in [0.15, 0.2) is 0 Å². The third-order valence-corrected chi connectivity index (χ3v) is 12.3. The second kappa shape index (κ2) is 12.5. The summed E-state index contributed by atoms with van der Waals surface area (Å²) < 4.78 is 13.3. The summed E-state index contributed by atoms with van der Waals surface area (Å²) in [7, 11) is 0. The molecular weight excluding hydrogens is 713 g/mol. The van der Waals surface area contributed by atoms with Gasteiger partial charge in [0.25, 0.3) is 0 Å². The highest BCUT2D eigenvalue weighted by Gasteiger charge is 2.34. The van der Waals surface area contributed by atoms with Crippen molar-refractivity contribution in [2.45, 2.75) is 11.8 Å². The van der Waals surface area contributed by atoms with Crippen LogP contribution in [0.3, 0.4) is 0 Å². The molecule has 0 saturated heterocycles. The average Bonchev–Trinajstić information content (AvgIpc) is 3.27. The standard InChI is InChI=1S/C54H34O4/c55-39-21-23-43-37(29-39)19-27-47-53(43)49(51-41-7-3-1-5-33(41)17-25-45(51)57-47)35-13-9-31(10-14-35)32-11-15-36(16-12-32)50-52-42-8-4-2-6-34(42)18-26-46(52)58-48-28-20-38-30-40(56)22-24-44(38)54(48)50/h1-30,49-50,55-56H. The Kier molecular flexibility index (Phi) is 7.02. The maximum absolute atomic E-state index is 10.4. The third kappa shape index (κ3) is 4.95. The van der Waals surface area contributed by atoms with Gasteiger partial charge in [-0.3, -0.25) is 0 Å². The van der Waals surface area contributed by atoms with Crippen LogP contribution in [-0.2, 0) is 0 Å². The number of hydrogen-bond donors (Lipinski definition) is 2. The smallest absolute Gasteiger partial charge is 0.132 e. The quantitative estimate of drug-likeness (QED) is 0.189. The number of phenols is 2. The molecule has 2 unspecified atom stereocenters. The second-order valence-corrected chi connectivity index (χ2v) is 15.5. The topological polar surface area (TPSA) is 58.9 Å². The van der Waals surface area contributed by atoms with E-state index >= 15 is 0 Å². The number of hydrogen-bond acceptors (Lipinski definition) is 4. The summed E-state index contributed by atoms with van der Waals surface area (Å²) in [4.78, 5) is 0. The molecule has 2 atom stereocenters. The fourth-order valence-electron chi connectivity index (χ4n) is 9.67. The molecule has 4 heteroatoms. The van der Waals surface area contributed by atoms with Gasteiger partial charge in [0.05, 0.1) is 0 Å². The van der Waals surface area contributed by atoms with E-state index in [9.17, 15) is 10.2 Å². The van der Waals surface area contributed by atoms with E-state index in [0.29, 0.717) is 0 Å². The van der Waals surface area contributed by atoms with Crippen molar-refractivity contribution in [1.82, 2.24) is 0 Å². The van der Waals surface area contributed by atoms with E-state index in [2.05, 4.69) is 121 Å². The van der Waals surface area contributed by atoms with Crippen LogP contribution in [0.25, 0.3) is 54.2 Å². The normalized spacial score (nSPS) is 15.3. The maximum Gasteiger partial charge on any atom is 0.132 e. The van der Waals surface area contributed by atoms with E-state index in [1.807, 2.05) is 48.5 Å². The van der Waals surface area contributed by atoms with Gasteiger partial charge < -0.3 is 19.7 Å². The summed E-state index contributed by atoms with van der Waals surface area (Å²) in [6.45, 7) is 0. The van der Waals surface area contributed by atoms with E-state index in [1.165, 1.54) is 32.7 Å². The summed E-state index contributed by atoms with van der Waals surface area (Å²) in [5.74, 6) is 3.71. The Morgan fingerprint density at radius 1 is 0.310 bits per heavy atom. The minimum absolute atomic E-state index is 0.0882. The van der Waals surface area contributed by atoms with Crippen molar-refractivity contribution in [3.63, 3.8) is 0 Å². The molecule has 274 valence electrons. The van der Waals surface area contributed by atoms with Crippen molar-refractivity contribution in [2.24, 2.45) is 0 Å². The Morgan fingerprint density at radius 2 is 0.655 bits per heavy atom. The van der Waals surface area contributed by atoms with Gasteiger partial charge in [0.1, 0.15) is 34.5 Å². The highest BCUT2D eigenvalue weighted by atomic mass is 16.5. The SMILES string of the molecule is Oc1ccc2c3c(ccc2c1)Oc1ccc2ccccc2c1C3c1ccc(-c2ccc(C3c4c(ccc5ccccc45)Oc4ccc5cc(O)ccc5c43)cc2)cc1. The predicted molar refractivity (Wildman–Crippen MR) is 233 cm³/mol. The lowest BCUT2D eigenvalue weighted by atomic mass is 9.78. The largest absolute Gasteiger partial charge is 0.508 e. The Morgan fingerprint density at radius 3 is 1.05 bits per heavy atom. The molecule has 0 radical (unpaired) electrons. The van der Waals surface area contributed by atoms with Crippen molar-refractivity contribution in [2.75, 3.05) is 0 Å². The zero-order valence-corrected chi connectivity index (χ0v) is 31.2. The van der Waals surface area contributed by atoms with Crippen LogP contribution >= 0.6 is 0 Å². The fraction of sp³-hybridized carbons (Fsp3) is 0.0370. The van der Waals surface area contributed by atoms with E-state index in [1.54, 1.807) is 12.1 Å². The second-order valence-electron chi connectivity index (χ2n) is 15.5. The van der Waals surface area contributed by atoms with Crippen molar-refractivity contribution in [3.05, 3.63) is 215 Å². The summed E-state index contributed by atoms with van der Waals surface area (Å²) >= 11 is 0. The molecule has 0 aliphatic carbocycles. The first kappa shape index (κ1) is 32.7. The van der Waals surface area contributed by atoms with Gasteiger partial charge in [-0.15, -0.1) is 0 Å². The first-order valence-corrected chi connectivity index (χ1v) is 19.7. The molecular formula is C54H34O4. The minimum Gasteiger partial charge on any atom is -0.508 e. The number of fused-ring (bicyclic) bond motifs is 12. The van der Waals surface area contributed by atoms with Gasteiger partial charge in [0.2, 0.25) is 0 Å². The number of ether oxygens (including phenoxy) is 2. The molecule has 0 amide bonds. The van der Waals surface area contributed by atoms with E-state index < -0.39 is 0 Å². The minimum atomic E-state index is -0.0882. The first-order chi connectivity index (χ1) is 28.6. The molecule has 10 aromatic rings. The van der Waals surface area contributed by atoms with Gasteiger partial charge in [-0.2, -0.15) is 0 Å². The number of aromatic hydroxyl groups is 2. The summed E-state index contributed by atoms with van der Waals surface area (Å²) in [5.41, 5.74) is 9.10. The van der Waals surface area contributed by atoms with Crippen LogP contribution in [0.2, 0.25) is 0 Å². The molecule has 2 aliphatic heterocycles. The third-order valence-electron chi connectivity index (χ3n) is 12.3. The van der Waals surface area contributed by atoms with Crippen molar-refractivity contribution >= 4 is 43.1 Å². The number of rotatable bonds is 3. The molecule has 0 bridgehead atoms. The fourth-order valence-corrected chi connectivity index (χ4v) is 9.67. The summed E-state index contributed by atoms with van der Waals surface area (Å²) in [6.07, 6.45) is 0. The van der Waals surface area contributed by atoms with Gasteiger partial charge in [-0.1, -0.05) is 133 Å². The van der Waals surface area contributed by atoms with Crippen LogP contribution in [0, 0.1) is 0 Å². The Hall–Kier alpha value is -7.56.